The zero-order valence-corrected chi connectivity index (χ0v) is 12.8. The first-order valence-electron chi connectivity index (χ1n) is 6.19. The first-order chi connectivity index (χ1) is 10.9. The molecule has 0 aliphatic carbocycles. The number of nitriles is 1. The number of halogens is 2. The van der Waals surface area contributed by atoms with Crippen molar-refractivity contribution in [2.75, 3.05) is 5.32 Å². The summed E-state index contributed by atoms with van der Waals surface area (Å²) in [7, 11) is -4.03. The van der Waals surface area contributed by atoms with Crippen molar-refractivity contribution in [1.29, 1.82) is 5.26 Å². The van der Waals surface area contributed by atoms with E-state index in [0.29, 0.717) is 0 Å². The zero-order chi connectivity index (χ0) is 16.6. The van der Waals surface area contributed by atoms with Crippen LogP contribution in [0.25, 0.3) is 0 Å². The number of hydrogen-bond acceptors (Lipinski definition) is 5. The number of ether oxygens (including phenoxy) is 1. The number of rotatable bonds is 2. The summed E-state index contributed by atoms with van der Waals surface area (Å²) >= 11 is 5.68. The summed E-state index contributed by atoms with van der Waals surface area (Å²) in [6, 6.07) is 9.86. The van der Waals surface area contributed by atoms with Gasteiger partial charge in [0.05, 0.1) is 5.56 Å². The number of fused-ring (bicyclic) bond motifs is 1. The fraction of sp³-hybridized carbons (Fsp3) is 0. The maximum absolute atomic E-state index is 13.8. The van der Waals surface area contributed by atoms with Gasteiger partial charge in [-0.1, -0.05) is 12.1 Å². The third kappa shape index (κ3) is 2.72. The highest BCUT2D eigenvalue weighted by molar-refractivity contribution is 7.90. The summed E-state index contributed by atoms with van der Waals surface area (Å²) in [4.78, 5) is -0.216. The molecule has 1 N–H and O–H groups in total. The number of amidine groups is 1. The minimum atomic E-state index is -4.03. The minimum Gasteiger partial charge on any atom is -0.451 e. The maximum atomic E-state index is 13.8. The van der Waals surface area contributed by atoms with Gasteiger partial charge in [0.25, 0.3) is 10.0 Å². The summed E-state index contributed by atoms with van der Waals surface area (Å²) in [5.41, 5.74) is -0.0478. The molecule has 0 unspecified atom stereocenters. The van der Waals surface area contributed by atoms with Crippen LogP contribution >= 0.6 is 11.6 Å². The number of benzene rings is 2. The molecule has 0 aromatic heterocycles. The van der Waals surface area contributed by atoms with E-state index in [1.807, 2.05) is 6.07 Å². The molecule has 23 heavy (non-hydrogen) atoms. The second-order valence-electron chi connectivity index (χ2n) is 4.44. The van der Waals surface area contributed by atoms with Crippen molar-refractivity contribution in [2.24, 2.45) is 4.40 Å². The second-order valence-corrected chi connectivity index (χ2v) is 6.37. The number of anilines is 1. The summed E-state index contributed by atoms with van der Waals surface area (Å²) in [5, 5.41) is 11.3. The molecule has 0 saturated carbocycles. The van der Waals surface area contributed by atoms with E-state index in [9.17, 15) is 18.1 Å². The highest BCUT2D eigenvalue weighted by atomic mass is 35.5. The van der Waals surface area contributed by atoms with E-state index in [1.54, 1.807) is 6.07 Å². The Bertz CT molecular complexity index is 983. The van der Waals surface area contributed by atoms with Crippen LogP contribution in [0.4, 0.5) is 10.1 Å². The molecule has 6 nitrogen and oxygen atoms in total. The Balaban J connectivity index is 2.22. The Morgan fingerprint density at radius 3 is 2.70 bits per heavy atom. The van der Waals surface area contributed by atoms with Crippen LogP contribution in [-0.2, 0) is 10.0 Å². The molecule has 1 heterocycles. The van der Waals surface area contributed by atoms with Crippen LogP contribution in [0.3, 0.4) is 0 Å². The molecule has 0 fully saturated rings. The first-order valence-corrected chi connectivity index (χ1v) is 8.01. The summed E-state index contributed by atoms with van der Waals surface area (Å²) in [6.07, 6.45) is 0. The summed E-state index contributed by atoms with van der Waals surface area (Å²) < 4.78 is 46.6. The van der Waals surface area contributed by atoms with Gasteiger partial charge >= 0.3 is 0 Å². The molecule has 0 spiro atoms. The van der Waals surface area contributed by atoms with Crippen molar-refractivity contribution in [1.82, 2.24) is 0 Å². The monoisotopic (exact) mass is 351 g/mol. The molecule has 1 aliphatic heterocycles. The number of nitrogens with zero attached hydrogens (tertiary/aromatic N) is 2. The van der Waals surface area contributed by atoms with Crippen LogP contribution in [0.2, 0.25) is 0 Å². The minimum absolute atomic E-state index is 0.0149. The first kappa shape index (κ1) is 15.3. The van der Waals surface area contributed by atoms with Crippen LogP contribution < -0.4 is 10.1 Å². The standard InChI is InChI=1S/C14H7ClFN3O3S/c15-14-18-12-11(23(20,21)19-14)6-5-8(7-17)13(12)22-10-4-2-1-3-9(10)16/h1-6H,(H,18,19). The SMILES string of the molecule is N#Cc1ccc2c(c1Oc1ccccc1F)NC(Cl)=NS2(=O)=O. The average molecular weight is 352 g/mol. The van der Waals surface area contributed by atoms with Crippen molar-refractivity contribution in [3.05, 3.63) is 47.8 Å². The molecule has 9 heteroatoms. The summed E-state index contributed by atoms with van der Waals surface area (Å²) in [5.74, 6) is -0.964. The van der Waals surface area contributed by atoms with Crippen molar-refractivity contribution in [2.45, 2.75) is 4.90 Å². The Morgan fingerprint density at radius 2 is 2.00 bits per heavy atom. The van der Waals surface area contributed by atoms with E-state index >= 15 is 0 Å². The lowest BCUT2D eigenvalue weighted by Gasteiger charge is -2.19. The molecule has 0 saturated heterocycles. The third-order valence-electron chi connectivity index (χ3n) is 2.99. The highest BCUT2D eigenvalue weighted by Crippen LogP contribution is 2.41. The Labute approximate surface area is 135 Å². The van der Waals surface area contributed by atoms with E-state index in [1.165, 1.54) is 30.3 Å². The number of para-hydroxylation sites is 1. The molecule has 0 radical (unpaired) electrons. The Morgan fingerprint density at radius 1 is 1.26 bits per heavy atom. The van der Waals surface area contributed by atoms with Crippen LogP contribution in [0.5, 0.6) is 11.5 Å². The van der Waals surface area contributed by atoms with Gasteiger partial charge in [-0.2, -0.15) is 13.7 Å². The van der Waals surface area contributed by atoms with Crippen LogP contribution in [0.15, 0.2) is 45.7 Å². The van der Waals surface area contributed by atoms with E-state index in [2.05, 4.69) is 9.71 Å². The predicted octanol–water partition coefficient (Wildman–Crippen LogP) is 3.20. The van der Waals surface area contributed by atoms with E-state index in [-0.39, 0.29) is 27.6 Å². The van der Waals surface area contributed by atoms with Gasteiger partial charge in [-0.05, 0) is 35.9 Å². The van der Waals surface area contributed by atoms with Crippen molar-refractivity contribution >= 4 is 32.6 Å². The maximum Gasteiger partial charge on any atom is 0.287 e. The largest absolute Gasteiger partial charge is 0.451 e. The lowest BCUT2D eigenvalue weighted by Crippen LogP contribution is -2.18. The topological polar surface area (TPSA) is 91.5 Å². The van der Waals surface area contributed by atoms with Gasteiger partial charge in [0.1, 0.15) is 16.7 Å². The molecule has 116 valence electrons. The molecular formula is C14H7ClFN3O3S. The quantitative estimate of drug-likeness (QED) is 0.839. The van der Waals surface area contributed by atoms with Gasteiger partial charge in [-0.25, -0.2) is 4.39 Å². The molecule has 0 amide bonds. The van der Waals surface area contributed by atoms with E-state index in [4.69, 9.17) is 16.3 Å². The van der Waals surface area contributed by atoms with Gasteiger partial charge in [-0.3, -0.25) is 0 Å². The Hall–Kier alpha value is -2.63. The summed E-state index contributed by atoms with van der Waals surface area (Å²) in [6.45, 7) is 0. The smallest absolute Gasteiger partial charge is 0.287 e. The van der Waals surface area contributed by atoms with Gasteiger partial charge in [0, 0.05) is 0 Å². The van der Waals surface area contributed by atoms with E-state index in [0.717, 1.165) is 0 Å². The van der Waals surface area contributed by atoms with Gasteiger partial charge in [-0.15, -0.1) is 4.40 Å². The fourth-order valence-corrected chi connectivity index (χ4v) is 3.37. The number of sulfonamides is 1. The van der Waals surface area contributed by atoms with Crippen molar-refractivity contribution < 1.29 is 17.5 Å². The average Bonchev–Trinajstić information content (AvgIpc) is 2.49. The van der Waals surface area contributed by atoms with Crippen LogP contribution in [0.1, 0.15) is 5.56 Å². The molecule has 0 bridgehead atoms. The normalized spacial score (nSPS) is 14.9. The van der Waals surface area contributed by atoms with Crippen molar-refractivity contribution in [3.8, 4) is 17.6 Å². The molecule has 2 aromatic carbocycles. The lowest BCUT2D eigenvalue weighted by atomic mass is 10.2. The van der Waals surface area contributed by atoms with Gasteiger partial charge in [0.2, 0.25) is 5.29 Å². The molecular weight excluding hydrogens is 345 g/mol. The number of hydrogen-bond donors (Lipinski definition) is 1. The second kappa shape index (κ2) is 5.53. The lowest BCUT2D eigenvalue weighted by molar-refractivity contribution is 0.442. The fourth-order valence-electron chi connectivity index (χ4n) is 2.01. The van der Waals surface area contributed by atoms with E-state index < -0.39 is 21.1 Å². The van der Waals surface area contributed by atoms with Gasteiger partial charge < -0.3 is 10.1 Å². The highest BCUT2D eigenvalue weighted by Gasteiger charge is 2.29. The third-order valence-corrected chi connectivity index (χ3v) is 4.59. The number of nitrogens with one attached hydrogen (secondary N) is 1. The molecule has 2 aromatic rings. The Kier molecular flexibility index (Phi) is 3.67. The zero-order valence-electron chi connectivity index (χ0n) is 11.2. The molecule has 3 rings (SSSR count). The van der Waals surface area contributed by atoms with Crippen molar-refractivity contribution in [3.63, 3.8) is 0 Å². The van der Waals surface area contributed by atoms with Gasteiger partial charge in [0.15, 0.2) is 17.3 Å². The molecule has 1 aliphatic rings. The molecule has 0 atom stereocenters. The van der Waals surface area contributed by atoms with Crippen LogP contribution in [0, 0.1) is 17.1 Å². The van der Waals surface area contributed by atoms with Crippen LogP contribution in [-0.4, -0.2) is 13.7 Å². The predicted molar refractivity (Wildman–Crippen MR) is 81.7 cm³/mol.